The van der Waals surface area contributed by atoms with Gasteiger partial charge in [-0.1, -0.05) is 57.6 Å². The third kappa shape index (κ3) is 4.32. The Balaban J connectivity index is 1.55. The maximum Gasteiger partial charge on any atom is 0.0782 e. The number of rotatable bonds is 5. The molecule has 2 saturated carbocycles. The molecule has 0 aromatic carbocycles. The zero-order valence-corrected chi connectivity index (χ0v) is 16.7. The molecule has 0 saturated heterocycles. The summed E-state index contributed by atoms with van der Waals surface area (Å²) in [6, 6.07) is 2.81. The standard InChI is InChI=1S/C24H39N/c1-3-5-20-8-12-23(13-9-20)24(18-25)16-14-22(15-17-24)21-10-6-19(4-2)7-11-21/h12,19-22H,3-11,13-17H2,1-2H3. The third-order valence-electron chi connectivity index (χ3n) is 8.06. The van der Waals surface area contributed by atoms with Crippen LogP contribution in [0.15, 0.2) is 11.6 Å². The van der Waals surface area contributed by atoms with Crippen LogP contribution < -0.4 is 0 Å². The molecule has 3 aliphatic carbocycles. The van der Waals surface area contributed by atoms with E-state index in [0.717, 1.165) is 36.5 Å². The fraction of sp³-hybridized carbons (Fsp3) is 0.875. The van der Waals surface area contributed by atoms with Crippen LogP contribution >= 0.6 is 0 Å². The Morgan fingerprint density at radius 3 is 2.16 bits per heavy atom. The van der Waals surface area contributed by atoms with Crippen molar-refractivity contribution in [2.75, 3.05) is 0 Å². The first kappa shape index (κ1) is 19.0. The summed E-state index contributed by atoms with van der Waals surface area (Å²) in [7, 11) is 0. The Kier molecular flexibility index (Phi) is 6.65. The van der Waals surface area contributed by atoms with E-state index < -0.39 is 0 Å². The fourth-order valence-electron chi connectivity index (χ4n) is 6.17. The average molecular weight is 342 g/mol. The van der Waals surface area contributed by atoms with Gasteiger partial charge in [0.25, 0.3) is 0 Å². The van der Waals surface area contributed by atoms with Crippen LogP contribution in [0.2, 0.25) is 0 Å². The van der Waals surface area contributed by atoms with E-state index >= 15 is 0 Å². The highest BCUT2D eigenvalue weighted by Gasteiger charge is 2.41. The molecule has 0 aromatic rings. The summed E-state index contributed by atoms with van der Waals surface area (Å²) in [5.41, 5.74) is 1.43. The second kappa shape index (κ2) is 8.75. The lowest BCUT2D eigenvalue weighted by molar-refractivity contribution is 0.132. The molecular weight excluding hydrogens is 302 g/mol. The molecule has 3 aliphatic rings. The lowest BCUT2D eigenvalue weighted by Crippen LogP contribution is -2.33. The first-order valence-electron chi connectivity index (χ1n) is 11.3. The highest BCUT2D eigenvalue weighted by Crippen LogP contribution is 2.51. The second-order valence-electron chi connectivity index (χ2n) is 9.38. The van der Waals surface area contributed by atoms with Gasteiger partial charge in [-0.05, 0) is 81.5 Å². The van der Waals surface area contributed by atoms with Gasteiger partial charge in [0, 0.05) is 0 Å². The fourth-order valence-corrected chi connectivity index (χ4v) is 6.17. The van der Waals surface area contributed by atoms with Crippen LogP contribution in [-0.2, 0) is 0 Å². The van der Waals surface area contributed by atoms with E-state index in [1.165, 1.54) is 82.6 Å². The van der Waals surface area contributed by atoms with Crippen molar-refractivity contribution < 1.29 is 0 Å². The third-order valence-corrected chi connectivity index (χ3v) is 8.06. The van der Waals surface area contributed by atoms with Crippen molar-refractivity contribution in [2.24, 2.45) is 29.1 Å². The summed E-state index contributed by atoms with van der Waals surface area (Å²) >= 11 is 0. The Hall–Kier alpha value is -0.770. The van der Waals surface area contributed by atoms with Gasteiger partial charge in [-0.15, -0.1) is 0 Å². The Labute approximate surface area is 156 Å². The SMILES string of the molecule is CCCC1CC=C(C2(C#N)CCC(C3CCC(CC)CC3)CC2)CC1. The number of nitrogens with zero attached hydrogens (tertiary/aromatic N) is 1. The van der Waals surface area contributed by atoms with Gasteiger partial charge in [-0.2, -0.15) is 5.26 Å². The topological polar surface area (TPSA) is 23.8 Å². The molecule has 0 aromatic heterocycles. The van der Waals surface area contributed by atoms with Crippen molar-refractivity contribution in [1.29, 1.82) is 5.26 Å². The maximum absolute atomic E-state index is 10.0. The summed E-state index contributed by atoms with van der Waals surface area (Å²) in [4.78, 5) is 0. The zero-order chi connectivity index (χ0) is 17.7. The molecule has 0 radical (unpaired) electrons. The molecule has 0 N–H and O–H groups in total. The first-order chi connectivity index (χ1) is 12.2. The van der Waals surface area contributed by atoms with Crippen LogP contribution in [0.25, 0.3) is 0 Å². The minimum Gasteiger partial charge on any atom is -0.197 e. The maximum atomic E-state index is 10.0. The van der Waals surface area contributed by atoms with Crippen LogP contribution in [0.3, 0.4) is 0 Å². The zero-order valence-electron chi connectivity index (χ0n) is 16.7. The van der Waals surface area contributed by atoms with Crippen LogP contribution in [-0.4, -0.2) is 0 Å². The van der Waals surface area contributed by atoms with Gasteiger partial charge >= 0.3 is 0 Å². The van der Waals surface area contributed by atoms with Crippen LogP contribution in [0, 0.1) is 40.4 Å². The molecule has 1 atom stereocenters. The lowest BCUT2D eigenvalue weighted by atomic mass is 9.61. The van der Waals surface area contributed by atoms with Crippen molar-refractivity contribution in [3.8, 4) is 6.07 Å². The van der Waals surface area contributed by atoms with Gasteiger partial charge in [0.1, 0.15) is 0 Å². The highest BCUT2D eigenvalue weighted by molar-refractivity contribution is 5.26. The first-order valence-corrected chi connectivity index (χ1v) is 11.3. The van der Waals surface area contributed by atoms with Gasteiger partial charge < -0.3 is 0 Å². The van der Waals surface area contributed by atoms with Gasteiger partial charge in [-0.3, -0.25) is 0 Å². The van der Waals surface area contributed by atoms with E-state index in [4.69, 9.17) is 0 Å². The summed E-state index contributed by atoms with van der Waals surface area (Å²) < 4.78 is 0. The molecule has 0 bridgehead atoms. The molecule has 25 heavy (non-hydrogen) atoms. The van der Waals surface area contributed by atoms with E-state index in [-0.39, 0.29) is 5.41 Å². The molecule has 1 nitrogen and oxygen atoms in total. The molecule has 0 aliphatic heterocycles. The molecule has 0 amide bonds. The van der Waals surface area contributed by atoms with Crippen LogP contribution in [0.5, 0.6) is 0 Å². The van der Waals surface area contributed by atoms with Crippen molar-refractivity contribution >= 4 is 0 Å². The van der Waals surface area contributed by atoms with Crippen molar-refractivity contribution in [3.05, 3.63) is 11.6 Å². The Morgan fingerprint density at radius 1 is 0.960 bits per heavy atom. The van der Waals surface area contributed by atoms with Crippen molar-refractivity contribution in [2.45, 2.75) is 104 Å². The van der Waals surface area contributed by atoms with E-state index in [1.807, 2.05) is 0 Å². The number of allylic oxidation sites excluding steroid dienone is 2. The smallest absolute Gasteiger partial charge is 0.0782 e. The summed E-state index contributed by atoms with van der Waals surface area (Å²) in [5, 5.41) is 10.0. The van der Waals surface area contributed by atoms with Gasteiger partial charge in [0.15, 0.2) is 0 Å². The minimum atomic E-state index is -0.0890. The van der Waals surface area contributed by atoms with Crippen molar-refractivity contribution in [3.63, 3.8) is 0 Å². The normalized spacial score (nSPS) is 39.5. The van der Waals surface area contributed by atoms with Gasteiger partial charge in [-0.25, -0.2) is 0 Å². The lowest BCUT2D eigenvalue weighted by Gasteiger charge is -2.42. The average Bonchev–Trinajstić information content (AvgIpc) is 2.69. The monoisotopic (exact) mass is 341 g/mol. The second-order valence-corrected chi connectivity index (χ2v) is 9.38. The predicted octanol–water partition coefficient (Wildman–Crippen LogP) is 7.43. The minimum absolute atomic E-state index is 0.0890. The van der Waals surface area contributed by atoms with E-state index in [2.05, 4.69) is 26.0 Å². The summed E-state index contributed by atoms with van der Waals surface area (Å²) in [6.07, 6.45) is 21.1. The molecule has 140 valence electrons. The van der Waals surface area contributed by atoms with Crippen molar-refractivity contribution in [1.82, 2.24) is 0 Å². The molecule has 3 rings (SSSR count). The number of hydrogen-bond acceptors (Lipinski definition) is 1. The summed E-state index contributed by atoms with van der Waals surface area (Å²) in [6.45, 7) is 4.65. The molecule has 2 fully saturated rings. The number of nitriles is 1. The summed E-state index contributed by atoms with van der Waals surface area (Å²) in [5.74, 6) is 3.76. The quantitative estimate of drug-likeness (QED) is 0.477. The molecule has 1 unspecified atom stereocenters. The Morgan fingerprint density at radius 2 is 1.64 bits per heavy atom. The Bertz CT molecular complexity index is 481. The highest BCUT2D eigenvalue weighted by atomic mass is 14.5. The van der Waals surface area contributed by atoms with Gasteiger partial charge in [0.2, 0.25) is 0 Å². The number of hydrogen-bond donors (Lipinski definition) is 0. The predicted molar refractivity (Wildman–Crippen MR) is 106 cm³/mol. The molecule has 0 heterocycles. The molecular formula is C24H39N. The van der Waals surface area contributed by atoms with E-state index in [9.17, 15) is 5.26 Å². The van der Waals surface area contributed by atoms with E-state index in [0.29, 0.717) is 0 Å². The van der Waals surface area contributed by atoms with Crippen LogP contribution in [0.1, 0.15) is 104 Å². The molecule has 0 spiro atoms. The van der Waals surface area contributed by atoms with Gasteiger partial charge in [0.05, 0.1) is 11.5 Å². The largest absolute Gasteiger partial charge is 0.197 e. The molecule has 1 heteroatoms. The van der Waals surface area contributed by atoms with Crippen LogP contribution in [0.4, 0.5) is 0 Å². The van der Waals surface area contributed by atoms with E-state index in [1.54, 1.807) is 0 Å².